The van der Waals surface area contributed by atoms with Gasteiger partial charge in [-0.3, -0.25) is 14.5 Å². The van der Waals surface area contributed by atoms with E-state index in [1.165, 1.54) is 12.8 Å². The maximum absolute atomic E-state index is 12.6. The number of rotatable bonds is 7. The van der Waals surface area contributed by atoms with Gasteiger partial charge in [0.05, 0.1) is 13.2 Å². The summed E-state index contributed by atoms with van der Waals surface area (Å²) >= 11 is 6.01. The van der Waals surface area contributed by atoms with Crippen LogP contribution in [0.4, 0.5) is 0 Å². The molecule has 148 valence electrons. The van der Waals surface area contributed by atoms with Crippen LogP contribution in [0.25, 0.3) is 0 Å². The lowest BCUT2D eigenvalue weighted by molar-refractivity contribution is -0.135. The van der Waals surface area contributed by atoms with E-state index in [-0.39, 0.29) is 23.7 Å². The molecule has 0 atom stereocenters. The predicted octanol–water partition coefficient (Wildman–Crippen LogP) is 2.30. The van der Waals surface area contributed by atoms with E-state index in [0.717, 1.165) is 13.1 Å². The number of amides is 2. The molecule has 27 heavy (non-hydrogen) atoms. The van der Waals surface area contributed by atoms with E-state index >= 15 is 0 Å². The molecule has 1 aromatic rings. The molecule has 0 spiro atoms. The highest BCUT2D eigenvalue weighted by Crippen LogP contribution is 2.36. The molecular formula is C20H28ClN3O3. The normalized spacial score (nSPS) is 19.8. The van der Waals surface area contributed by atoms with Crippen molar-refractivity contribution >= 4 is 23.4 Å². The number of carbonyl (C=O) groups is 2. The summed E-state index contributed by atoms with van der Waals surface area (Å²) in [4.78, 5) is 28.3. The fraction of sp³-hybridized carbons (Fsp3) is 0.600. The summed E-state index contributed by atoms with van der Waals surface area (Å²) in [6.45, 7) is 4.20. The van der Waals surface area contributed by atoms with E-state index in [9.17, 15) is 9.59 Å². The first kappa shape index (κ1) is 20.0. The van der Waals surface area contributed by atoms with Gasteiger partial charge in [0.25, 0.3) is 0 Å². The Balaban J connectivity index is 1.57. The molecule has 0 unspecified atom stereocenters. The van der Waals surface area contributed by atoms with Crippen molar-refractivity contribution in [2.45, 2.75) is 32.1 Å². The van der Waals surface area contributed by atoms with Crippen molar-refractivity contribution in [2.75, 3.05) is 39.3 Å². The Labute approximate surface area is 165 Å². The van der Waals surface area contributed by atoms with Gasteiger partial charge in [0, 0.05) is 29.9 Å². The van der Waals surface area contributed by atoms with Crippen LogP contribution in [-0.2, 0) is 9.59 Å². The van der Waals surface area contributed by atoms with E-state index in [1.54, 1.807) is 12.1 Å². The topological polar surface area (TPSA) is 75.9 Å². The summed E-state index contributed by atoms with van der Waals surface area (Å²) in [6, 6.07) is 7.23. The molecule has 2 aliphatic heterocycles. The van der Waals surface area contributed by atoms with Gasteiger partial charge in [0.15, 0.2) is 0 Å². The van der Waals surface area contributed by atoms with Gasteiger partial charge in [0.1, 0.15) is 5.75 Å². The standard InChI is InChI=1S/C20H28ClN3O3/c21-16-4-3-5-17(12-16)27-15-20(13-18(22)25)6-10-24(11-7-20)19(26)14-23-8-1-2-9-23/h3-5,12H,1-2,6-11,13-15H2,(H2,22,25). The summed E-state index contributed by atoms with van der Waals surface area (Å²) in [5.74, 6) is 0.528. The van der Waals surface area contributed by atoms with Crippen molar-refractivity contribution in [1.82, 2.24) is 9.80 Å². The van der Waals surface area contributed by atoms with Crippen molar-refractivity contribution in [3.63, 3.8) is 0 Å². The van der Waals surface area contributed by atoms with Gasteiger partial charge in [-0.2, -0.15) is 0 Å². The number of likely N-dealkylation sites (tertiary alicyclic amines) is 2. The molecule has 0 bridgehead atoms. The fourth-order valence-corrected chi connectivity index (χ4v) is 4.18. The van der Waals surface area contributed by atoms with Crippen LogP contribution in [0.15, 0.2) is 24.3 Å². The van der Waals surface area contributed by atoms with Crippen molar-refractivity contribution in [3.05, 3.63) is 29.3 Å². The van der Waals surface area contributed by atoms with Crippen LogP contribution >= 0.6 is 11.6 Å². The predicted molar refractivity (Wildman–Crippen MR) is 105 cm³/mol. The summed E-state index contributed by atoms with van der Waals surface area (Å²) in [5.41, 5.74) is 5.17. The number of nitrogens with zero attached hydrogens (tertiary/aromatic N) is 2. The van der Waals surface area contributed by atoms with E-state index in [2.05, 4.69) is 4.90 Å². The quantitative estimate of drug-likeness (QED) is 0.771. The zero-order valence-electron chi connectivity index (χ0n) is 15.7. The minimum atomic E-state index is -0.335. The van der Waals surface area contributed by atoms with E-state index in [1.807, 2.05) is 17.0 Å². The SMILES string of the molecule is NC(=O)CC1(COc2cccc(Cl)c2)CCN(C(=O)CN2CCCC2)CC1. The van der Waals surface area contributed by atoms with Gasteiger partial charge in [-0.25, -0.2) is 0 Å². The third kappa shape index (κ3) is 5.59. The molecule has 0 aliphatic carbocycles. The lowest BCUT2D eigenvalue weighted by atomic mass is 9.76. The highest BCUT2D eigenvalue weighted by Gasteiger charge is 2.38. The Morgan fingerprint density at radius 2 is 1.85 bits per heavy atom. The fourth-order valence-electron chi connectivity index (χ4n) is 4.00. The van der Waals surface area contributed by atoms with Gasteiger partial charge in [0.2, 0.25) is 11.8 Å². The Morgan fingerprint density at radius 3 is 2.48 bits per heavy atom. The highest BCUT2D eigenvalue weighted by atomic mass is 35.5. The number of ether oxygens (including phenoxy) is 1. The number of nitrogens with two attached hydrogens (primary N) is 1. The second-order valence-corrected chi connectivity index (χ2v) is 8.19. The van der Waals surface area contributed by atoms with Crippen LogP contribution < -0.4 is 10.5 Å². The molecule has 0 radical (unpaired) electrons. The molecule has 0 saturated carbocycles. The second kappa shape index (κ2) is 8.93. The molecule has 7 heteroatoms. The number of carbonyl (C=O) groups excluding carboxylic acids is 2. The largest absolute Gasteiger partial charge is 0.493 e. The average molecular weight is 394 g/mol. The monoisotopic (exact) mass is 393 g/mol. The number of primary amides is 1. The molecule has 2 fully saturated rings. The second-order valence-electron chi connectivity index (χ2n) is 7.75. The smallest absolute Gasteiger partial charge is 0.236 e. The third-order valence-electron chi connectivity index (χ3n) is 5.62. The third-order valence-corrected chi connectivity index (χ3v) is 5.86. The van der Waals surface area contributed by atoms with E-state index in [0.29, 0.717) is 49.9 Å². The Hall–Kier alpha value is -1.79. The van der Waals surface area contributed by atoms with Crippen molar-refractivity contribution in [2.24, 2.45) is 11.1 Å². The van der Waals surface area contributed by atoms with Crippen molar-refractivity contribution in [3.8, 4) is 5.75 Å². The first-order valence-electron chi connectivity index (χ1n) is 9.63. The zero-order chi connectivity index (χ0) is 19.3. The maximum atomic E-state index is 12.6. The lowest BCUT2D eigenvalue weighted by Crippen LogP contribution is -2.49. The van der Waals surface area contributed by atoms with Crippen LogP contribution in [-0.4, -0.2) is 60.9 Å². The molecular weight excluding hydrogens is 366 g/mol. The van der Waals surface area contributed by atoms with Crippen molar-refractivity contribution < 1.29 is 14.3 Å². The minimum Gasteiger partial charge on any atom is -0.493 e. The number of piperidine rings is 1. The summed E-state index contributed by atoms with van der Waals surface area (Å²) in [7, 11) is 0. The number of benzene rings is 1. The van der Waals surface area contributed by atoms with Crippen LogP contribution in [0.1, 0.15) is 32.1 Å². The summed E-state index contributed by atoms with van der Waals surface area (Å²) < 4.78 is 5.93. The van der Waals surface area contributed by atoms with Crippen LogP contribution in [0, 0.1) is 5.41 Å². The van der Waals surface area contributed by atoms with Crippen LogP contribution in [0.3, 0.4) is 0 Å². The number of hydrogen-bond acceptors (Lipinski definition) is 4. The molecule has 6 nitrogen and oxygen atoms in total. The van der Waals surface area contributed by atoms with E-state index < -0.39 is 0 Å². The zero-order valence-corrected chi connectivity index (χ0v) is 16.4. The first-order chi connectivity index (χ1) is 13.0. The molecule has 1 aromatic carbocycles. The number of halogens is 1. The molecule has 3 rings (SSSR count). The summed E-state index contributed by atoms with van der Waals surface area (Å²) in [6.07, 6.45) is 4.04. The number of hydrogen-bond donors (Lipinski definition) is 1. The molecule has 2 N–H and O–H groups in total. The van der Waals surface area contributed by atoms with Crippen molar-refractivity contribution in [1.29, 1.82) is 0 Å². The van der Waals surface area contributed by atoms with Gasteiger partial charge in [-0.05, 0) is 57.0 Å². The first-order valence-corrected chi connectivity index (χ1v) is 10.0. The lowest BCUT2D eigenvalue weighted by Gasteiger charge is -2.41. The average Bonchev–Trinajstić information content (AvgIpc) is 3.13. The molecule has 2 saturated heterocycles. The molecule has 2 heterocycles. The highest BCUT2D eigenvalue weighted by molar-refractivity contribution is 6.30. The minimum absolute atomic E-state index is 0.181. The molecule has 0 aromatic heterocycles. The van der Waals surface area contributed by atoms with Gasteiger partial charge < -0.3 is 15.4 Å². The molecule has 2 aliphatic rings. The Bertz CT molecular complexity index is 668. The Morgan fingerprint density at radius 1 is 1.15 bits per heavy atom. The summed E-state index contributed by atoms with van der Waals surface area (Å²) in [5, 5.41) is 0.610. The van der Waals surface area contributed by atoms with Gasteiger partial charge >= 0.3 is 0 Å². The molecule has 2 amide bonds. The van der Waals surface area contributed by atoms with Crippen LogP contribution in [0.2, 0.25) is 5.02 Å². The van der Waals surface area contributed by atoms with Gasteiger partial charge in [-0.15, -0.1) is 0 Å². The van der Waals surface area contributed by atoms with Gasteiger partial charge in [-0.1, -0.05) is 17.7 Å². The van der Waals surface area contributed by atoms with E-state index in [4.69, 9.17) is 22.1 Å². The maximum Gasteiger partial charge on any atom is 0.236 e. The van der Waals surface area contributed by atoms with Crippen LogP contribution in [0.5, 0.6) is 5.75 Å². The Kier molecular flexibility index (Phi) is 6.60.